The van der Waals surface area contributed by atoms with Crippen molar-refractivity contribution in [2.75, 3.05) is 46.3 Å². The predicted octanol–water partition coefficient (Wildman–Crippen LogP) is 4.17. The molecule has 2 saturated heterocycles. The number of fused-ring (bicyclic) bond motifs is 2. The van der Waals surface area contributed by atoms with E-state index in [1.165, 1.54) is 11.1 Å². The third kappa shape index (κ3) is 9.40. The van der Waals surface area contributed by atoms with Gasteiger partial charge in [-0.2, -0.15) is 26.3 Å². The van der Waals surface area contributed by atoms with Crippen molar-refractivity contribution in [3.63, 3.8) is 0 Å². The molecule has 2 N–H and O–H groups in total. The molecule has 2 aliphatic heterocycles. The Bertz CT molecular complexity index is 1350. The number of piperidine rings is 1. The summed E-state index contributed by atoms with van der Waals surface area (Å²) in [5.74, 6) is -4.85. The molecule has 1 aromatic heterocycles. The van der Waals surface area contributed by atoms with Crippen LogP contribution in [0.1, 0.15) is 53.1 Å². The van der Waals surface area contributed by atoms with Gasteiger partial charge in [-0.3, -0.25) is 14.6 Å². The van der Waals surface area contributed by atoms with Gasteiger partial charge in [0.05, 0.1) is 0 Å². The fraction of sp³-hybridized carbons (Fsp3) is 0.500. The average Bonchev–Trinajstić information content (AvgIpc) is 3.30. The van der Waals surface area contributed by atoms with E-state index in [0.29, 0.717) is 17.9 Å². The van der Waals surface area contributed by atoms with Crippen molar-refractivity contribution in [3.8, 4) is 0 Å². The number of hydrogen-bond acceptors (Lipinski definition) is 6. The van der Waals surface area contributed by atoms with Gasteiger partial charge in [-0.25, -0.2) is 9.59 Å². The number of likely N-dealkylation sites (tertiary alicyclic amines) is 1. The molecule has 252 valence electrons. The van der Waals surface area contributed by atoms with Crippen LogP contribution >= 0.6 is 0 Å². The highest BCUT2D eigenvalue weighted by Gasteiger charge is 2.46. The van der Waals surface area contributed by atoms with Gasteiger partial charge in [-0.05, 0) is 60.9 Å². The van der Waals surface area contributed by atoms with Gasteiger partial charge < -0.3 is 24.9 Å². The molecule has 1 aromatic carbocycles. The number of carbonyl (C=O) groups is 4. The van der Waals surface area contributed by atoms with Crippen LogP contribution in [0, 0.1) is 0 Å². The van der Waals surface area contributed by atoms with Crippen LogP contribution < -0.4 is 0 Å². The SMILES string of the molecule is CN1CCN(C(=O)CC2CC3(CCN(C(=O)c4ccncc4)CC3)c3ccccc32)CC1.O=C(O)C(F)(F)F.O=C(O)C(F)(F)F. The first-order valence-electron chi connectivity index (χ1n) is 14.3. The summed E-state index contributed by atoms with van der Waals surface area (Å²) in [6.45, 7) is 5.10. The lowest BCUT2D eigenvalue weighted by atomic mass is 9.73. The van der Waals surface area contributed by atoms with Crippen molar-refractivity contribution in [1.82, 2.24) is 19.7 Å². The molecule has 16 heteroatoms. The zero-order valence-electron chi connectivity index (χ0n) is 24.9. The number of piperazine rings is 1. The van der Waals surface area contributed by atoms with E-state index < -0.39 is 24.3 Å². The lowest BCUT2D eigenvalue weighted by Gasteiger charge is -2.40. The Morgan fingerprint density at radius 1 is 0.804 bits per heavy atom. The molecule has 10 nitrogen and oxygen atoms in total. The normalized spacial score (nSPS) is 19.2. The fourth-order valence-corrected chi connectivity index (χ4v) is 5.89. The van der Waals surface area contributed by atoms with Crippen LogP contribution in [0.25, 0.3) is 0 Å². The minimum Gasteiger partial charge on any atom is -0.475 e. The Labute approximate surface area is 260 Å². The van der Waals surface area contributed by atoms with Crippen molar-refractivity contribution in [2.24, 2.45) is 0 Å². The largest absolute Gasteiger partial charge is 0.490 e. The minimum atomic E-state index is -5.08. The molecule has 3 heterocycles. The molecule has 2 fully saturated rings. The second-order valence-electron chi connectivity index (χ2n) is 11.3. The third-order valence-electron chi connectivity index (χ3n) is 8.31. The lowest BCUT2D eigenvalue weighted by molar-refractivity contribution is -0.193. The highest BCUT2D eigenvalue weighted by atomic mass is 19.4. The quantitative estimate of drug-likeness (QED) is 0.470. The summed E-state index contributed by atoms with van der Waals surface area (Å²) in [4.78, 5) is 54.1. The smallest absolute Gasteiger partial charge is 0.475 e. The molecule has 2 amide bonds. The standard InChI is InChI=1S/C26H32N4O2.2C2HF3O2/c1-28-14-16-29(17-15-28)24(31)18-21-19-26(23-5-3-2-4-22(21)23)8-12-30(13-9-26)25(32)20-6-10-27-11-7-20;2*3-2(4,5)1(6)7/h2-7,10-11,21H,8-9,12-19H2,1H3;2*(H,6,7). The number of carbonyl (C=O) groups excluding carboxylic acids is 2. The molecule has 46 heavy (non-hydrogen) atoms. The topological polar surface area (TPSA) is 131 Å². The van der Waals surface area contributed by atoms with Gasteiger partial charge in [0, 0.05) is 63.6 Å². The van der Waals surface area contributed by atoms with Gasteiger partial charge in [0.15, 0.2) is 0 Å². The molecule has 1 atom stereocenters. The lowest BCUT2D eigenvalue weighted by Crippen LogP contribution is -2.47. The van der Waals surface area contributed by atoms with E-state index in [2.05, 4.69) is 41.2 Å². The van der Waals surface area contributed by atoms with Crippen molar-refractivity contribution < 1.29 is 55.7 Å². The van der Waals surface area contributed by atoms with Crippen molar-refractivity contribution in [3.05, 3.63) is 65.5 Å². The number of nitrogens with zero attached hydrogens (tertiary/aromatic N) is 4. The van der Waals surface area contributed by atoms with E-state index in [1.54, 1.807) is 24.5 Å². The number of hydrogen-bond donors (Lipinski definition) is 2. The second-order valence-corrected chi connectivity index (χ2v) is 11.3. The Hall–Kier alpha value is -4.21. The molecule has 3 aliphatic rings. The average molecular weight is 661 g/mol. The van der Waals surface area contributed by atoms with Crippen molar-refractivity contribution in [2.45, 2.75) is 49.4 Å². The number of likely N-dealkylation sites (N-methyl/N-ethyl adjacent to an activating group) is 1. The number of rotatable bonds is 3. The van der Waals surface area contributed by atoms with Crippen LogP contribution in [-0.4, -0.2) is 112 Å². The van der Waals surface area contributed by atoms with Gasteiger partial charge in [0.25, 0.3) is 5.91 Å². The van der Waals surface area contributed by atoms with E-state index in [-0.39, 0.29) is 17.2 Å². The molecule has 1 aliphatic carbocycles. The Morgan fingerprint density at radius 2 is 1.30 bits per heavy atom. The van der Waals surface area contributed by atoms with Gasteiger partial charge >= 0.3 is 24.3 Å². The summed E-state index contributed by atoms with van der Waals surface area (Å²) >= 11 is 0. The summed E-state index contributed by atoms with van der Waals surface area (Å²) in [7, 11) is 2.12. The summed E-state index contributed by atoms with van der Waals surface area (Å²) in [5, 5.41) is 14.2. The first-order chi connectivity index (χ1) is 21.4. The van der Waals surface area contributed by atoms with Crippen molar-refractivity contribution in [1.29, 1.82) is 0 Å². The molecule has 0 bridgehead atoms. The maximum absolute atomic E-state index is 13.1. The predicted molar refractivity (Wildman–Crippen MR) is 151 cm³/mol. The Kier molecular flexibility index (Phi) is 11.8. The number of benzene rings is 1. The molecule has 2 aromatic rings. The van der Waals surface area contributed by atoms with E-state index in [9.17, 15) is 35.9 Å². The first-order valence-corrected chi connectivity index (χ1v) is 14.3. The summed E-state index contributed by atoms with van der Waals surface area (Å²) in [6, 6.07) is 12.3. The highest BCUT2D eigenvalue weighted by Crippen LogP contribution is 2.52. The van der Waals surface area contributed by atoms with Crippen LogP contribution in [-0.2, 0) is 19.8 Å². The molecule has 1 spiro atoms. The molecule has 1 unspecified atom stereocenters. The van der Waals surface area contributed by atoms with E-state index in [4.69, 9.17) is 19.8 Å². The summed E-state index contributed by atoms with van der Waals surface area (Å²) < 4.78 is 63.5. The first kappa shape index (κ1) is 36.3. The third-order valence-corrected chi connectivity index (χ3v) is 8.31. The van der Waals surface area contributed by atoms with Crippen LogP contribution in [0.15, 0.2) is 48.8 Å². The summed E-state index contributed by atoms with van der Waals surface area (Å²) in [5.41, 5.74) is 3.55. The molecular weight excluding hydrogens is 626 g/mol. The van der Waals surface area contributed by atoms with Crippen LogP contribution in [0.3, 0.4) is 0 Å². The Balaban J connectivity index is 0.000000345. The van der Waals surface area contributed by atoms with Crippen LogP contribution in [0.5, 0.6) is 0 Å². The maximum atomic E-state index is 13.1. The van der Waals surface area contributed by atoms with Crippen molar-refractivity contribution >= 4 is 23.8 Å². The fourth-order valence-electron chi connectivity index (χ4n) is 5.89. The van der Waals surface area contributed by atoms with Crippen LogP contribution in [0.4, 0.5) is 26.3 Å². The maximum Gasteiger partial charge on any atom is 0.490 e. The zero-order chi connectivity index (χ0) is 34.3. The number of aliphatic carboxylic acids is 2. The number of carboxylic acids is 2. The molecule has 0 radical (unpaired) electrons. The summed E-state index contributed by atoms with van der Waals surface area (Å²) in [6.07, 6.45) is -3.28. The van der Waals surface area contributed by atoms with E-state index in [0.717, 1.165) is 58.5 Å². The number of pyridine rings is 1. The van der Waals surface area contributed by atoms with E-state index >= 15 is 0 Å². The van der Waals surface area contributed by atoms with Gasteiger partial charge in [-0.15, -0.1) is 0 Å². The van der Waals surface area contributed by atoms with Gasteiger partial charge in [0.1, 0.15) is 0 Å². The number of amides is 2. The van der Waals surface area contributed by atoms with Gasteiger partial charge in [-0.1, -0.05) is 24.3 Å². The minimum absolute atomic E-state index is 0.0820. The molecule has 0 saturated carbocycles. The number of alkyl halides is 6. The second kappa shape index (κ2) is 14.9. The number of halogens is 6. The van der Waals surface area contributed by atoms with Gasteiger partial charge in [0.2, 0.25) is 5.91 Å². The number of carboxylic acid groups (broad SMARTS) is 2. The molecular formula is C30H34F6N4O6. The highest BCUT2D eigenvalue weighted by molar-refractivity contribution is 5.94. The van der Waals surface area contributed by atoms with Crippen LogP contribution in [0.2, 0.25) is 0 Å². The number of aromatic nitrogens is 1. The zero-order valence-corrected chi connectivity index (χ0v) is 24.9. The van der Waals surface area contributed by atoms with E-state index in [1.807, 2.05) is 9.80 Å². The Morgan fingerprint density at radius 3 is 1.80 bits per heavy atom. The monoisotopic (exact) mass is 660 g/mol. The molecule has 5 rings (SSSR count).